The molecule has 19 heavy (non-hydrogen) atoms. The Morgan fingerprint density at radius 1 is 1.37 bits per heavy atom. The number of rotatable bonds is 5. The third-order valence-corrected chi connectivity index (χ3v) is 4.27. The van der Waals surface area contributed by atoms with Crippen LogP contribution in [0.25, 0.3) is 0 Å². The first-order valence-electron chi connectivity index (χ1n) is 6.75. The van der Waals surface area contributed by atoms with E-state index in [2.05, 4.69) is 19.2 Å². The number of carboxylic acid groups (broad SMARTS) is 1. The molecule has 1 rings (SSSR count). The van der Waals surface area contributed by atoms with Crippen molar-refractivity contribution >= 4 is 12.0 Å². The Morgan fingerprint density at radius 2 is 1.95 bits per heavy atom. The Hall–Kier alpha value is -1.30. The third-order valence-electron chi connectivity index (χ3n) is 4.27. The number of carbonyl (C=O) groups excluding carboxylic acids is 1. The zero-order chi connectivity index (χ0) is 14.7. The number of aliphatic carboxylic acids is 1. The molecule has 0 aromatic heterocycles. The van der Waals surface area contributed by atoms with E-state index in [-0.39, 0.29) is 18.0 Å². The standard InChI is InChI=1S/C13H24N2O4/c1-4-13(5-2)6-7-15(9-13)11(18)14-8-12(3,19)10(16)17/h19H,4-9H2,1-3H3,(H,14,18)(H,16,17). The average Bonchev–Trinajstić information content (AvgIpc) is 2.81. The van der Waals surface area contributed by atoms with Crippen LogP contribution in [0.5, 0.6) is 0 Å². The molecule has 1 saturated heterocycles. The van der Waals surface area contributed by atoms with Crippen molar-refractivity contribution in [3.05, 3.63) is 0 Å². The maximum atomic E-state index is 11.9. The van der Waals surface area contributed by atoms with Gasteiger partial charge in [0.25, 0.3) is 0 Å². The molecule has 0 aromatic carbocycles. The quantitative estimate of drug-likeness (QED) is 0.697. The molecule has 110 valence electrons. The lowest BCUT2D eigenvalue weighted by Crippen LogP contribution is -2.50. The predicted molar refractivity (Wildman–Crippen MR) is 70.9 cm³/mol. The monoisotopic (exact) mass is 272 g/mol. The molecule has 0 bridgehead atoms. The lowest BCUT2D eigenvalue weighted by molar-refractivity contribution is -0.155. The highest BCUT2D eigenvalue weighted by atomic mass is 16.4. The van der Waals surface area contributed by atoms with E-state index in [0.717, 1.165) is 19.3 Å². The summed E-state index contributed by atoms with van der Waals surface area (Å²) in [7, 11) is 0. The van der Waals surface area contributed by atoms with Crippen molar-refractivity contribution in [2.24, 2.45) is 5.41 Å². The Morgan fingerprint density at radius 3 is 2.37 bits per heavy atom. The van der Waals surface area contributed by atoms with Gasteiger partial charge in [0.2, 0.25) is 0 Å². The molecule has 1 fully saturated rings. The molecule has 1 aliphatic heterocycles. The number of hydrogen-bond acceptors (Lipinski definition) is 3. The summed E-state index contributed by atoms with van der Waals surface area (Å²) < 4.78 is 0. The van der Waals surface area contributed by atoms with Crippen LogP contribution >= 0.6 is 0 Å². The van der Waals surface area contributed by atoms with Crippen molar-refractivity contribution < 1.29 is 19.8 Å². The number of nitrogens with one attached hydrogen (secondary N) is 1. The number of urea groups is 1. The van der Waals surface area contributed by atoms with Crippen LogP contribution in [0.15, 0.2) is 0 Å². The summed E-state index contributed by atoms with van der Waals surface area (Å²) in [5.41, 5.74) is -1.74. The molecule has 6 nitrogen and oxygen atoms in total. The second kappa shape index (κ2) is 5.77. The van der Waals surface area contributed by atoms with Crippen molar-refractivity contribution in [3.63, 3.8) is 0 Å². The summed E-state index contributed by atoms with van der Waals surface area (Å²) >= 11 is 0. The number of hydrogen-bond donors (Lipinski definition) is 3. The maximum absolute atomic E-state index is 11.9. The van der Waals surface area contributed by atoms with Gasteiger partial charge in [-0.1, -0.05) is 13.8 Å². The van der Waals surface area contributed by atoms with E-state index in [1.165, 1.54) is 6.92 Å². The number of nitrogens with zero attached hydrogens (tertiary/aromatic N) is 1. The van der Waals surface area contributed by atoms with Crippen molar-refractivity contribution in [2.75, 3.05) is 19.6 Å². The lowest BCUT2D eigenvalue weighted by Gasteiger charge is -2.27. The summed E-state index contributed by atoms with van der Waals surface area (Å²) in [6.45, 7) is 6.51. The second-order valence-corrected chi connectivity index (χ2v) is 5.62. The van der Waals surface area contributed by atoms with E-state index >= 15 is 0 Å². The molecule has 1 unspecified atom stereocenters. The fraction of sp³-hybridized carbons (Fsp3) is 0.846. The van der Waals surface area contributed by atoms with Gasteiger partial charge < -0.3 is 20.4 Å². The van der Waals surface area contributed by atoms with Gasteiger partial charge >= 0.3 is 12.0 Å². The molecule has 3 N–H and O–H groups in total. The first kappa shape index (κ1) is 15.8. The van der Waals surface area contributed by atoms with Crippen molar-refractivity contribution in [1.82, 2.24) is 10.2 Å². The van der Waals surface area contributed by atoms with E-state index in [1.54, 1.807) is 4.90 Å². The van der Waals surface area contributed by atoms with Gasteiger partial charge in [0.15, 0.2) is 5.60 Å². The van der Waals surface area contributed by atoms with Crippen LogP contribution in [0.1, 0.15) is 40.0 Å². The first-order chi connectivity index (χ1) is 8.76. The summed E-state index contributed by atoms with van der Waals surface area (Å²) in [4.78, 5) is 24.4. The van der Waals surface area contributed by atoms with Crippen LogP contribution in [-0.2, 0) is 4.79 Å². The molecule has 1 heterocycles. The van der Waals surface area contributed by atoms with Crippen LogP contribution in [0.2, 0.25) is 0 Å². The molecule has 2 amide bonds. The minimum atomic E-state index is -1.93. The van der Waals surface area contributed by atoms with Crippen molar-refractivity contribution in [1.29, 1.82) is 0 Å². The summed E-state index contributed by atoms with van der Waals surface area (Å²) in [5, 5.41) is 20.8. The highest BCUT2D eigenvalue weighted by Gasteiger charge is 2.38. The van der Waals surface area contributed by atoms with E-state index in [9.17, 15) is 14.7 Å². The number of likely N-dealkylation sites (tertiary alicyclic amines) is 1. The molecular formula is C13H24N2O4. The average molecular weight is 272 g/mol. The molecule has 6 heteroatoms. The number of carbonyl (C=O) groups is 2. The lowest BCUT2D eigenvalue weighted by atomic mass is 9.82. The van der Waals surface area contributed by atoms with E-state index < -0.39 is 11.6 Å². The van der Waals surface area contributed by atoms with Crippen molar-refractivity contribution in [3.8, 4) is 0 Å². The Balaban J connectivity index is 2.51. The highest BCUT2D eigenvalue weighted by molar-refractivity contribution is 5.79. The Bertz CT molecular complexity index is 351. The molecule has 0 spiro atoms. The van der Waals surface area contributed by atoms with Gasteiger partial charge in [0.05, 0.1) is 6.54 Å². The molecule has 0 radical (unpaired) electrons. The minimum Gasteiger partial charge on any atom is -0.479 e. The van der Waals surface area contributed by atoms with E-state index in [4.69, 9.17) is 5.11 Å². The summed E-state index contributed by atoms with van der Waals surface area (Å²) in [5.74, 6) is -1.34. The summed E-state index contributed by atoms with van der Waals surface area (Å²) in [6, 6.07) is -0.301. The maximum Gasteiger partial charge on any atom is 0.337 e. The molecule has 1 aliphatic rings. The van der Waals surface area contributed by atoms with Gasteiger partial charge in [0, 0.05) is 13.1 Å². The Labute approximate surface area is 113 Å². The second-order valence-electron chi connectivity index (χ2n) is 5.62. The summed E-state index contributed by atoms with van der Waals surface area (Å²) in [6.07, 6.45) is 3.03. The van der Waals surface area contributed by atoms with E-state index in [0.29, 0.717) is 13.1 Å². The van der Waals surface area contributed by atoms with Crippen LogP contribution < -0.4 is 5.32 Å². The topological polar surface area (TPSA) is 89.9 Å². The molecule has 0 aromatic rings. The zero-order valence-corrected chi connectivity index (χ0v) is 11.9. The smallest absolute Gasteiger partial charge is 0.337 e. The molecular weight excluding hydrogens is 248 g/mol. The zero-order valence-electron chi connectivity index (χ0n) is 11.9. The number of aliphatic hydroxyl groups is 1. The van der Waals surface area contributed by atoms with Gasteiger partial charge in [-0.25, -0.2) is 9.59 Å². The highest BCUT2D eigenvalue weighted by Crippen LogP contribution is 2.36. The van der Waals surface area contributed by atoms with Gasteiger partial charge in [-0.3, -0.25) is 0 Å². The SMILES string of the molecule is CCC1(CC)CCN(C(=O)NCC(C)(O)C(=O)O)C1. The number of carboxylic acids is 1. The Kier molecular flexibility index (Phi) is 4.79. The largest absolute Gasteiger partial charge is 0.479 e. The van der Waals surface area contributed by atoms with E-state index in [1.807, 2.05) is 0 Å². The van der Waals surface area contributed by atoms with Crippen LogP contribution in [0.4, 0.5) is 4.79 Å². The fourth-order valence-electron chi connectivity index (χ4n) is 2.37. The first-order valence-corrected chi connectivity index (χ1v) is 6.75. The van der Waals surface area contributed by atoms with Crippen LogP contribution in [-0.4, -0.2) is 52.3 Å². The molecule has 0 aliphatic carbocycles. The van der Waals surface area contributed by atoms with Crippen LogP contribution in [0, 0.1) is 5.41 Å². The predicted octanol–water partition coefficient (Wildman–Crippen LogP) is 1.04. The number of amides is 2. The van der Waals surface area contributed by atoms with Gasteiger partial charge in [-0.15, -0.1) is 0 Å². The van der Waals surface area contributed by atoms with Gasteiger partial charge in [-0.2, -0.15) is 0 Å². The van der Waals surface area contributed by atoms with Crippen LogP contribution in [0.3, 0.4) is 0 Å². The van der Waals surface area contributed by atoms with Crippen molar-refractivity contribution in [2.45, 2.75) is 45.6 Å². The fourth-order valence-corrected chi connectivity index (χ4v) is 2.37. The molecule has 0 saturated carbocycles. The van der Waals surface area contributed by atoms with Gasteiger partial charge in [-0.05, 0) is 31.6 Å². The normalized spacial score (nSPS) is 20.9. The van der Waals surface area contributed by atoms with Gasteiger partial charge in [0.1, 0.15) is 0 Å². The molecule has 1 atom stereocenters. The third kappa shape index (κ3) is 3.59. The minimum absolute atomic E-state index is 0.187.